The van der Waals surface area contributed by atoms with Gasteiger partial charge in [0.05, 0.1) is 22.4 Å². The van der Waals surface area contributed by atoms with E-state index in [1.807, 2.05) is 0 Å². The molecule has 0 spiro atoms. The van der Waals surface area contributed by atoms with Gasteiger partial charge in [-0.15, -0.1) is 4.99 Å². The third-order valence-electron chi connectivity index (χ3n) is 5.09. The molecule has 1 saturated heterocycles. The zero-order valence-corrected chi connectivity index (χ0v) is 17.3. The summed E-state index contributed by atoms with van der Waals surface area (Å²) in [5.41, 5.74) is -2.38. The molecular weight excluding hydrogens is 447 g/mol. The molecule has 3 N–H and O–H groups in total. The lowest BCUT2D eigenvalue weighted by Gasteiger charge is -2.40. The third kappa shape index (κ3) is 5.02. The number of halogens is 3. The molecule has 2 aromatic carbocycles. The lowest BCUT2D eigenvalue weighted by atomic mass is 9.86. The molecule has 0 radical (unpaired) electrons. The van der Waals surface area contributed by atoms with Crippen LogP contribution in [-0.2, 0) is 16.5 Å². The molecule has 1 aliphatic rings. The molecule has 1 atom stereocenters. The van der Waals surface area contributed by atoms with Gasteiger partial charge in [0.25, 0.3) is 5.69 Å². The second-order valence-electron chi connectivity index (χ2n) is 7.50. The van der Waals surface area contributed by atoms with Crippen molar-refractivity contribution >= 4 is 35.0 Å². The summed E-state index contributed by atoms with van der Waals surface area (Å²) >= 11 is 0. The molecule has 0 aliphatic carbocycles. The first-order valence-electron chi connectivity index (χ1n) is 9.40. The largest absolute Gasteiger partial charge is 0.463 e. The van der Waals surface area contributed by atoms with Crippen LogP contribution >= 0.6 is 0 Å². The quantitative estimate of drug-likeness (QED) is 0.457. The van der Waals surface area contributed by atoms with E-state index in [0.717, 1.165) is 11.0 Å². The minimum Gasteiger partial charge on any atom is -0.463 e. The maximum Gasteiger partial charge on any atom is 0.434 e. The molecule has 174 valence electrons. The van der Waals surface area contributed by atoms with Crippen molar-refractivity contribution in [1.29, 1.82) is 0 Å². The number of anilines is 2. The van der Waals surface area contributed by atoms with E-state index in [4.69, 9.17) is 5.11 Å². The molecule has 1 fully saturated rings. The average molecular weight is 465 g/mol. The van der Waals surface area contributed by atoms with Gasteiger partial charge in [0, 0.05) is 18.8 Å². The van der Waals surface area contributed by atoms with E-state index in [2.05, 4.69) is 15.6 Å². The van der Waals surface area contributed by atoms with Crippen LogP contribution in [0.2, 0.25) is 0 Å². The summed E-state index contributed by atoms with van der Waals surface area (Å²) < 4.78 is 39.3. The molecule has 33 heavy (non-hydrogen) atoms. The van der Waals surface area contributed by atoms with Crippen molar-refractivity contribution in [2.45, 2.75) is 25.1 Å². The summed E-state index contributed by atoms with van der Waals surface area (Å²) in [5.74, 6) is -0.601. The summed E-state index contributed by atoms with van der Waals surface area (Å²) in [4.78, 5) is 38.3. The standard InChI is InChI=1S/C20H18F3N5O5/c1-19(10-16(29)27(2)17(26-19)25-18(30)31)11-4-3-5-13(8-11)24-14-9-12(20(21,22)23)6-7-15(14)28(32)33/h3-9,24H,10H2,1-2H3,(H,25,26)(H,30,31)/t19-/m0/s1. The van der Waals surface area contributed by atoms with Gasteiger partial charge < -0.3 is 15.7 Å². The summed E-state index contributed by atoms with van der Waals surface area (Å²) in [7, 11) is 1.36. The highest BCUT2D eigenvalue weighted by atomic mass is 19.4. The van der Waals surface area contributed by atoms with E-state index < -0.39 is 39.9 Å². The fraction of sp³-hybridized carbons (Fsp3) is 0.250. The third-order valence-corrected chi connectivity index (χ3v) is 5.09. The molecule has 0 bridgehead atoms. The van der Waals surface area contributed by atoms with Crippen LogP contribution < -0.4 is 10.6 Å². The predicted molar refractivity (Wildman–Crippen MR) is 111 cm³/mol. The van der Waals surface area contributed by atoms with Crippen LogP contribution in [-0.4, -0.2) is 39.9 Å². The van der Waals surface area contributed by atoms with Crippen molar-refractivity contribution in [3.05, 3.63) is 63.7 Å². The van der Waals surface area contributed by atoms with Gasteiger partial charge in [-0.25, -0.2) is 4.79 Å². The van der Waals surface area contributed by atoms with Crippen LogP contribution in [0, 0.1) is 10.1 Å². The topological polar surface area (TPSA) is 137 Å². The molecule has 0 unspecified atom stereocenters. The number of nitro groups is 1. The zero-order chi connectivity index (χ0) is 24.6. The molecule has 2 amide bonds. The van der Waals surface area contributed by atoms with Crippen LogP contribution in [0.3, 0.4) is 0 Å². The van der Waals surface area contributed by atoms with Crippen LogP contribution in [0.5, 0.6) is 0 Å². The van der Waals surface area contributed by atoms with E-state index in [9.17, 15) is 32.9 Å². The highest BCUT2D eigenvalue weighted by Gasteiger charge is 2.39. The Bertz CT molecular complexity index is 1170. The zero-order valence-electron chi connectivity index (χ0n) is 17.3. The fourth-order valence-corrected chi connectivity index (χ4v) is 3.35. The number of nitrogens with zero attached hydrogens (tertiary/aromatic N) is 3. The SMILES string of the molecule is CN1C(=O)C[C@@](C)(c2cccc(Nc3cc(C(F)(F)F)ccc3[N+](=O)[O-])c2)N/C1=N\C(=O)O. The minimum atomic E-state index is -4.70. The number of alkyl halides is 3. The van der Waals surface area contributed by atoms with E-state index >= 15 is 0 Å². The number of amides is 2. The maximum atomic E-state index is 13.1. The Kier molecular flexibility index (Phi) is 5.99. The molecule has 13 heteroatoms. The molecule has 0 saturated carbocycles. The maximum absolute atomic E-state index is 13.1. The molecule has 0 aromatic heterocycles. The normalized spacial score (nSPS) is 19.8. The number of rotatable bonds is 4. The van der Waals surface area contributed by atoms with E-state index in [-0.39, 0.29) is 23.8 Å². The van der Waals surface area contributed by atoms with Crippen molar-refractivity contribution in [3.8, 4) is 0 Å². The Balaban J connectivity index is 1.99. The number of aliphatic imine (C=N–C) groups is 1. The molecule has 3 rings (SSSR count). The fourth-order valence-electron chi connectivity index (χ4n) is 3.35. The van der Waals surface area contributed by atoms with Gasteiger partial charge >= 0.3 is 12.3 Å². The van der Waals surface area contributed by atoms with Crippen molar-refractivity contribution in [2.75, 3.05) is 12.4 Å². The Hall–Kier alpha value is -4.16. The first kappa shape index (κ1) is 23.5. The van der Waals surface area contributed by atoms with Gasteiger partial charge in [-0.3, -0.25) is 19.8 Å². The number of benzene rings is 2. The number of hydrogen-bond donors (Lipinski definition) is 3. The molecule has 1 aliphatic heterocycles. The number of hydrogen-bond acceptors (Lipinski definition) is 5. The highest BCUT2D eigenvalue weighted by Crippen LogP contribution is 2.37. The van der Waals surface area contributed by atoms with Crippen LogP contribution in [0.15, 0.2) is 47.5 Å². The van der Waals surface area contributed by atoms with Gasteiger partial charge in [0.15, 0.2) is 0 Å². The summed E-state index contributed by atoms with van der Waals surface area (Å²) in [5, 5.41) is 25.8. The van der Waals surface area contributed by atoms with Gasteiger partial charge in [0.2, 0.25) is 11.9 Å². The Morgan fingerprint density at radius 2 is 2.00 bits per heavy atom. The highest BCUT2D eigenvalue weighted by molar-refractivity contribution is 6.03. The average Bonchev–Trinajstić information content (AvgIpc) is 2.70. The lowest BCUT2D eigenvalue weighted by molar-refractivity contribution is -0.384. The van der Waals surface area contributed by atoms with Gasteiger partial charge in [-0.2, -0.15) is 13.2 Å². The van der Waals surface area contributed by atoms with Crippen molar-refractivity contribution < 1.29 is 32.8 Å². The summed E-state index contributed by atoms with van der Waals surface area (Å²) in [6.07, 6.45) is -6.28. The van der Waals surface area contributed by atoms with Crippen molar-refractivity contribution in [3.63, 3.8) is 0 Å². The summed E-state index contributed by atoms with van der Waals surface area (Å²) in [6, 6.07) is 8.17. The minimum absolute atomic E-state index is 0.0741. The first-order chi connectivity index (χ1) is 15.3. The molecule has 1 heterocycles. The van der Waals surface area contributed by atoms with Crippen molar-refractivity contribution in [1.82, 2.24) is 10.2 Å². The Labute approximate surface area is 184 Å². The van der Waals surface area contributed by atoms with Gasteiger partial charge in [0.1, 0.15) is 5.69 Å². The number of carbonyl (C=O) groups excluding carboxylic acids is 1. The number of carboxylic acid groups (broad SMARTS) is 1. The summed E-state index contributed by atoms with van der Waals surface area (Å²) in [6.45, 7) is 1.63. The molecule has 10 nitrogen and oxygen atoms in total. The van der Waals surface area contributed by atoms with E-state index in [1.165, 1.54) is 19.2 Å². The van der Waals surface area contributed by atoms with Crippen molar-refractivity contribution in [2.24, 2.45) is 4.99 Å². The van der Waals surface area contributed by atoms with Gasteiger partial charge in [-0.05, 0) is 36.8 Å². The van der Waals surface area contributed by atoms with E-state index in [0.29, 0.717) is 17.7 Å². The number of guanidine groups is 1. The van der Waals surface area contributed by atoms with E-state index in [1.54, 1.807) is 19.1 Å². The monoisotopic (exact) mass is 465 g/mol. The first-order valence-corrected chi connectivity index (χ1v) is 9.40. The number of carbonyl (C=O) groups is 2. The number of nitrogens with one attached hydrogen (secondary N) is 2. The lowest BCUT2D eigenvalue weighted by Crippen LogP contribution is -2.58. The second-order valence-corrected chi connectivity index (χ2v) is 7.50. The van der Waals surface area contributed by atoms with Crippen LogP contribution in [0.4, 0.5) is 35.0 Å². The smallest absolute Gasteiger partial charge is 0.434 e. The number of nitro benzene ring substituents is 1. The molecule has 2 aromatic rings. The Morgan fingerprint density at radius 3 is 2.61 bits per heavy atom. The van der Waals surface area contributed by atoms with Crippen LogP contribution in [0.25, 0.3) is 0 Å². The molecular formula is C20H18F3N5O5. The second kappa shape index (κ2) is 8.41. The van der Waals surface area contributed by atoms with Gasteiger partial charge in [-0.1, -0.05) is 12.1 Å². The van der Waals surface area contributed by atoms with Crippen LogP contribution in [0.1, 0.15) is 24.5 Å². The predicted octanol–water partition coefficient (Wildman–Crippen LogP) is 4.06. The Morgan fingerprint density at radius 1 is 1.30 bits per heavy atom.